The molecule has 1 amide bonds. The van der Waals surface area contributed by atoms with E-state index in [9.17, 15) is 14.4 Å². The third kappa shape index (κ3) is 5.17. The van der Waals surface area contributed by atoms with E-state index < -0.39 is 18.0 Å². The van der Waals surface area contributed by atoms with Crippen molar-refractivity contribution in [2.45, 2.75) is 26.3 Å². The Morgan fingerprint density at radius 3 is 2.14 bits per heavy atom. The van der Waals surface area contributed by atoms with Crippen LogP contribution in [0.5, 0.6) is 11.5 Å². The smallest absolute Gasteiger partial charge is 0.308 e. The zero-order chi connectivity index (χ0) is 16.9. The Labute approximate surface area is 129 Å². The summed E-state index contributed by atoms with van der Waals surface area (Å²) in [4.78, 5) is 35.4. The normalized spacial score (nSPS) is 11.5. The molecule has 2 N–H and O–H groups in total. The Balaban J connectivity index is 3.00. The summed E-state index contributed by atoms with van der Waals surface area (Å²) in [6.07, 6.45) is 0.269. The van der Waals surface area contributed by atoms with E-state index in [1.807, 2.05) is 0 Å². The van der Waals surface area contributed by atoms with E-state index in [0.29, 0.717) is 5.56 Å². The van der Waals surface area contributed by atoms with Crippen molar-refractivity contribution in [1.82, 2.24) is 4.90 Å². The molecule has 22 heavy (non-hydrogen) atoms. The lowest BCUT2D eigenvalue weighted by atomic mass is 10.1. The van der Waals surface area contributed by atoms with E-state index in [1.165, 1.54) is 30.9 Å². The van der Waals surface area contributed by atoms with Crippen molar-refractivity contribution in [2.24, 2.45) is 5.73 Å². The van der Waals surface area contributed by atoms with E-state index in [1.54, 1.807) is 20.2 Å². The van der Waals surface area contributed by atoms with Gasteiger partial charge in [0, 0.05) is 27.9 Å². The number of likely N-dealkylation sites (N-methyl/N-ethyl adjacent to an activating group) is 1. The summed E-state index contributed by atoms with van der Waals surface area (Å²) >= 11 is 0. The van der Waals surface area contributed by atoms with Crippen LogP contribution in [0.1, 0.15) is 19.4 Å². The quantitative estimate of drug-likeness (QED) is 0.628. The molecule has 1 aromatic rings. The molecule has 7 nitrogen and oxygen atoms in total. The van der Waals surface area contributed by atoms with Gasteiger partial charge in [0.2, 0.25) is 5.91 Å². The van der Waals surface area contributed by atoms with Crippen molar-refractivity contribution in [3.8, 4) is 11.5 Å². The first-order valence-corrected chi connectivity index (χ1v) is 6.67. The van der Waals surface area contributed by atoms with Crippen molar-refractivity contribution >= 4 is 17.8 Å². The predicted octanol–water partition coefficient (Wildman–Crippen LogP) is 0.495. The number of hydrogen-bond donors (Lipinski definition) is 1. The molecule has 0 radical (unpaired) electrons. The first-order valence-electron chi connectivity index (χ1n) is 6.67. The lowest BCUT2D eigenvalue weighted by molar-refractivity contribution is -0.134. The summed E-state index contributed by atoms with van der Waals surface area (Å²) < 4.78 is 9.99. The first kappa shape index (κ1) is 17.6. The molecule has 0 aliphatic heterocycles. The standard InChI is InChI=1S/C15H20N2O5/c1-9(18)21-13-6-5-11(8-14(13)22-10(2)19)7-12(16)15(20)17(3)4/h5-6,8,12H,7,16H2,1-4H3/t12-/m0/s1. The van der Waals surface area contributed by atoms with Gasteiger partial charge in [0.15, 0.2) is 11.5 Å². The van der Waals surface area contributed by atoms with Gasteiger partial charge in [-0.3, -0.25) is 14.4 Å². The van der Waals surface area contributed by atoms with Gasteiger partial charge in [-0.2, -0.15) is 0 Å². The van der Waals surface area contributed by atoms with E-state index in [-0.39, 0.29) is 23.8 Å². The molecule has 1 rings (SSSR count). The molecule has 0 unspecified atom stereocenters. The Bertz CT molecular complexity index is 583. The lowest BCUT2D eigenvalue weighted by Gasteiger charge is -2.17. The van der Waals surface area contributed by atoms with Gasteiger partial charge in [-0.25, -0.2) is 0 Å². The van der Waals surface area contributed by atoms with Crippen LogP contribution >= 0.6 is 0 Å². The highest BCUT2D eigenvalue weighted by Gasteiger charge is 2.18. The molecule has 0 aliphatic carbocycles. The highest BCUT2D eigenvalue weighted by Crippen LogP contribution is 2.29. The Kier molecular flexibility index (Phi) is 6.06. The van der Waals surface area contributed by atoms with E-state index in [2.05, 4.69) is 0 Å². The molecule has 0 bridgehead atoms. The van der Waals surface area contributed by atoms with Crippen LogP contribution < -0.4 is 15.2 Å². The average Bonchev–Trinajstić information content (AvgIpc) is 2.39. The molecule has 0 saturated heterocycles. The Hall–Kier alpha value is -2.41. The van der Waals surface area contributed by atoms with Crippen LogP contribution in [0, 0.1) is 0 Å². The van der Waals surface area contributed by atoms with Gasteiger partial charge in [-0.1, -0.05) is 6.07 Å². The molecule has 0 saturated carbocycles. The molecular weight excluding hydrogens is 288 g/mol. The van der Waals surface area contributed by atoms with Crippen LogP contribution in [0.4, 0.5) is 0 Å². The summed E-state index contributed by atoms with van der Waals surface area (Å²) in [5.41, 5.74) is 6.53. The summed E-state index contributed by atoms with van der Waals surface area (Å²) in [5, 5.41) is 0. The summed E-state index contributed by atoms with van der Waals surface area (Å²) in [6, 6.07) is 3.98. The van der Waals surface area contributed by atoms with Crippen molar-refractivity contribution in [2.75, 3.05) is 14.1 Å². The Morgan fingerprint density at radius 2 is 1.64 bits per heavy atom. The number of hydrogen-bond acceptors (Lipinski definition) is 6. The van der Waals surface area contributed by atoms with Crippen LogP contribution in [0.15, 0.2) is 18.2 Å². The number of ether oxygens (including phenoxy) is 2. The second kappa shape index (κ2) is 7.56. The van der Waals surface area contributed by atoms with Crippen LogP contribution in [0.3, 0.4) is 0 Å². The second-order valence-electron chi connectivity index (χ2n) is 5.01. The number of rotatable bonds is 5. The maximum atomic E-state index is 11.8. The largest absolute Gasteiger partial charge is 0.423 e. The average molecular weight is 308 g/mol. The molecule has 0 spiro atoms. The number of carbonyl (C=O) groups is 3. The predicted molar refractivity (Wildman–Crippen MR) is 79.4 cm³/mol. The van der Waals surface area contributed by atoms with Crippen molar-refractivity contribution in [3.05, 3.63) is 23.8 Å². The minimum absolute atomic E-state index is 0.115. The summed E-state index contributed by atoms with van der Waals surface area (Å²) in [6.45, 7) is 2.49. The molecule has 0 heterocycles. The lowest BCUT2D eigenvalue weighted by Crippen LogP contribution is -2.41. The molecule has 1 aromatic carbocycles. The van der Waals surface area contributed by atoms with E-state index >= 15 is 0 Å². The van der Waals surface area contributed by atoms with Gasteiger partial charge < -0.3 is 20.1 Å². The zero-order valence-corrected chi connectivity index (χ0v) is 13.1. The molecule has 120 valence electrons. The monoisotopic (exact) mass is 308 g/mol. The SMILES string of the molecule is CC(=O)Oc1ccc(C[C@H](N)C(=O)N(C)C)cc1OC(C)=O. The van der Waals surface area contributed by atoms with Crippen LogP contribution in [-0.2, 0) is 20.8 Å². The fourth-order valence-corrected chi connectivity index (χ4v) is 1.83. The third-order valence-electron chi connectivity index (χ3n) is 2.73. The number of nitrogens with zero attached hydrogens (tertiary/aromatic N) is 1. The molecule has 1 atom stereocenters. The number of nitrogens with two attached hydrogens (primary N) is 1. The number of benzene rings is 1. The first-order chi connectivity index (χ1) is 10.2. The maximum Gasteiger partial charge on any atom is 0.308 e. The van der Waals surface area contributed by atoms with Gasteiger partial charge in [-0.15, -0.1) is 0 Å². The topological polar surface area (TPSA) is 98.9 Å². The molecule has 7 heteroatoms. The van der Waals surface area contributed by atoms with Gasteiger partial charge in [0.1, 0.15) is 0 Å². The summed E-state index contributed by atoms with van der Waals surface area (Å²) in [5.74, 6) is -1.03. The van der Waals surface area contributed by atoms with Crippen LogP contribution in [0.25, 0.3) is 0 Å². The summed E-state index contributed by atoms with van der Waals surface area (Å²) in [7, 11) is 3.24. The molecule has 0 aliphatic rings. The van der Waals surface area contributed by atoms with Gasteiger partial charge in [0.25, 0.3) is 0 Å². The second-order valence-corrected chi connectivity index (χ2v) is 5.01. The third-order valence-corrected chi connectivity index (χ3v) is 2.73. The molecular formula is C15H20N2O5. The van der Waals surface area contributed by atoms with Gasteiger partial charge >= 0.3 is 11.9 Å². The number of esters is 2. The van der Waals surface area contributed by atoms with Crippen molar-refractivity contribution in [1.29, 1.82) is 0 Å². The van der Waals surface area contributed by atoms with Crippen molar-refractivity contribution < 1.29 is 23.9 Å². The zero-order valence-electron chi connectivity index (χ0n) is 13.1. The fourth-order valence-electron chi connectivity index (χ4n) is 1.83. The number of carbonyl (C=O) groups excluding carboxylic acids is 3. The van der Waals surface area contributed by atoms with Gasteiger partial charge in [-0.05, 0) is 24.1 Å². The van der Waals surface area contributed by atoms with Crippen LogP contribution in [0.2, 0.25) is 0 Å². The molecule has 0 fully saturated rings. The Morgan fingerprint density at radius 1 is 1.09 bits per heavy atom. The minimum atomic E-state index is -0.709. The van der Waals surface area contributed by atoms with Gasteiger partial charge in [0.05, 0.1) is 6.04 Å². The van der Waals surface area contributed by atoms with E-state index in [0.717, 1.165) is 0 Å². The highest BCUT2D eigenvalue weighted by atomic mass is 16.6. The maximum absolute atomic E-state index is 11.8. The van der Waals surface area contributed by atoms with E-state index in [4.69, 9.17) is 15.2 Å². The highest BCUT2D eigenvalue weighted by molar-refractivity contribution is 5.81. The fraction of sp³-hybridized carbons (Fsp3) is 0.400. The van der Waals surface area contributed by atoms with Crippen LogP contribution in [-0.4, -0.2) is 42.9 Å². The molecule has 0 aromatic heterocycles. The number of amides is 1. The minimum Gasteiger partial charge on any atom is -0.423 e. The van der Waals surface area contributed by atoms with Crippen molar-refractivity contribution in [3.63, 3.8) is 0 Å².